The predicted molar refractivity (Wildman–Crippen MR) is 107 cm³/mol. The van der Waals surface area contributed by atoms with Gasteiger partial charge in [0.1, 0.15) is 0 Å². The van der Waals surface area contributed by atoms with Crippen LogP contribution in [0.4, 0.5) is 0 Å². The molecular formula is C21H18ClN5O. The van der Waals surface area contributed by atoms with Gasteiger partial charge < -0.3 is 5.32 Å². The maximum atomic E-state index is 12.2. The summed E-state index contributed by atoms with van der Waals surface area (Å²) in [5.41, 5.74) is 6.49. The van der Waals surface area contributed by atoms with Crippen LogP contribution < -0.4 is 5.32 Å². The number of pyridine rings is 3. The van der Waals surface area contributed by atoms with Gasteiger partial charge in [-0.2, -0.15) is 0 Å². The number of nitrogens with zero attached hydrogens (tertiary/aromatic N) is 4. The topological polar surface area (TPSA) is 80.1 Å². The SMILES string of the molecule is Cc1cc(C2=NCc3cc(CC(=O)NCc4ccc(Cl)cn4)ncc32)ccn1. The molecule has 1 aliphatic rings. The Hall–Kier alpha value is -3.12. The fraction of sp³-hybridized carbons (Fsp3) is 0.190. The van der Waals surface area contributed by atoms with Crippen LogP contribution in [0, 0.1) is 6.92 Å². The van der Waals surface area contributed by atoms with Gasteiger partial charge in [0.05, 0.1) is 41.6 Å². The highest BCUT2D eigenvalue weighted by Gasteiger charge is 2.19. The Morgan fingerprint density at radius 1 is 1.11 bits per heavy atom. The molecular weight excluding hydrogens is 374 g/mol. The molecule has 28 heavy (non-hydrogen) atoms. The minimum Gasteiger partial charge on any atom is -0.350 e. The van der Waals surface area contributed by atoms with Crippen LogP contribution in [-0.2, 0) is 24.3 Å². The van der Waals surface area contributed by atoms with Crippen LogP contribution in [0.3, 0.4) is 0 Å². The lowest BCUT2D eigenvalue weighted by molar-refractivity contribution is -0.120. The largest absolute Gasteiger partial charge is 0.350 e. The molecule has 0 spiro atoms. The van der Waals surface area contributed by atoms with E-state index in [-0.39, 0.29) is 12.3 Å². The normalized spacial score (nSPS) is 12.4. The Kier molecular flexibility index (Phi) is 5.12. The zero-order valence-electron chi connectivity index (χ0n) is 15.3. The highest BCUT2D eigenvalue weighted by atomic mass is 35.5. The summed E-state index contributed by atoms with van der Waals surface area (Å²) in [5, 5.41) is 3.43. The first-order chi connectivity index (χ1) is 13.6. The molecule has 0 aromatic carbocycles. The molecule has 0 bridgehead atoms. The van der Waals surface area contributed by atoms with Crippen LogP contribution in [0.15, 0.2) is 53.9 Å². The molecule has 4 rings (SSSR count). The van der Waals surface area contributed by atoms with Crippen molar-refractivity contribution in [1.82, 2.24) is 20.3 Å². The fourth-order valence-corrected chi connectivity index (χ4v) is 3.22. The molecule has 140 valence electrons. The number of nitrogens with one attached hydrogen (secondary N) is 1. The van der Waals surface area contributed by atoms with E-state index in [2.05, 4.69) is 25.3 Å². The number of aliphatic imine (C=N–C) groups is 1. The smallest absolute Gasteiger partial charge is 0.226 e. The Labute approximate surface area is 167 Å². The zero-order valence-corrected chi connectivity index (χ0v) is 16.1. The van der Waals surface area contributed by atoms with Crippen LogP contribution >= 0.6 is 11.6 Å². The van der Waals surface area contributed by atoms with Gasteiger partial charge in [-0.25, -0.2) is 0 Å². The Morgan fingerprint density at radius 2 is 1.96 bits per heavy atom. The van der Waals surface area contributed by atoms with E-state index in [1.807, 2.05) is 25.1 Å². The standard InChI is InChI=1S/C21H18ClN5O/c1-13-6-14(4-5-23-13)21-19-12-25-18(7-15(19)9-27-21)8-20(28)26-11-17-3-2-16(22)10-24-17/h2-7,10,12H,8-9,11H2,1H3,(H,26,28). The first-order valence-electron chi connectivity index (χ1n) is 8.91. The Bertz CT molecular complexity index is 1060. The molecule has 1 aliphatic heterocycles. The lowest BCUT2D eigenvalue weighted by Gasteiger charge is -2.07. The number of carbonyl (C=O) groups excluding carboxylic acids is 1. The van der Waals surface area contributed by atoms with Gasteiger partial charge in [0.25, 0.3) is 0 Å². The number of fused-ring (bicyclic) bond motifs is 1. The first-order valence-corrected chi connectivity index (χ1v) is 9.29. The van der Waals surface area contributed by atoms with Gasteiger partial charge in [-0.05, 0) is 42.8 Å². The second-order valence-corrected chi connectivity index (χ2v) is 7.04. The van der Waals surface area contributed by atoms with Crippen molar-refractivity contribution < 1.29 is 4.79 Å². The van der Waals surface area contributed by atoms with Crippen LogP contribution in [0.2, 0.25) is 5.02 Å². The highest BCUT2D eigenvalue weighted by molar-refractivity contribution is 6.30. The van der Waals surface area contributed by atoms with E-state index in [1.165, 1.54) is 0 Å². The molecule has 0 unspecified atom stereocenters. The van der Waals surface area contributed by atoms with Crippen molar-refractivity contribution in [3.63, 3.8) is 0 Å². The number of aryl methyl sites for hydroxylation is 1. The summed E-state index contributed by atoms with van der Waals surface area (Å²) in [4.78, 5) is 29.7. The Balaban J connectivity index is 1.41. The van der Waals surface area contributed by atoms with Gasteiger partial charge in [0, 0.05) is 35.4 Å². The highest BCUT2D eigenvalue weighted by Crippen LogP contribution is 2.23. The van der Waals surface area contributed by atoms with E-state index in [1.54, 1.807) is 30.7 Å². The third kappa shape index (κ3) is 4.07. The minimum absolute atomic E-state index is 0.104. The molecule has 6 nitrogen and oxygen atoms in total. The van der Waals surface area contributed by atoms with E-state index in [4.69, 9.17) is 11.6 Å². The van der Waals surface area contributed by atoms with Crippen molar-refractivity contribution in [3.8, 4) is 0 Å². The minimum atomic E-state index is -0.104. The summed E-state index contributed by atoms with van der Waals surface area (Å²) in [6.45, 7) is 2.91. The van der Waals surface area contributed by atoms with Crippen molar-refractivity contribution >= 4 is 23.2 Å². The molecule has 0 atom stereocenters. The van der Waals surface area contributed by atoms with Gasteiger partial charge in [0.15, 0.2) is 0 Å². The Morgan fingerprint density at radius 3 is 2.75 bits per heavy atom. The third-order valence-corrected chi connectivity index (χ3v) is 4.70. The van der Waals surface area contributed by atoms with Crippen molar-refractivity contribution in [2.75, 3.05) is 0 Å². The van der Waals surface area contributed by atoms with Crippen molar-refractivity contribution in [3.05, 3.63) is 87.7 Å². The van der Waals surface area contributed by atoms with Crippen molar-refractivity contribution in [2.24, 2.45) is 4.99 Å². The summed E-state index contributed by atoms with van der Waals surface area (Å²) >= 11 is 5.81. The van der Waals surface area contributed by atoms with Gasteiger partial charge in [-0.15, -0.1) is 0 Å². The lowest BCUT2D eigenvalue weighted by atomic mass is 10.0. The summed E-state index contributed by atoms with van der Waals surface area (Å²) in [6, 6.07) is 9.46. The van der Waals surface area contributed by atoms with Gasteiger partial charge in [-0.3, -0.25) is 24.7 Å². The van der Waals surface area contributed by atoms with Crippen molar-refractivity contribution in [1.29, 1.82) is 0 Å². The summed E-state index contributed by atoms with van der Waals surface area (Å²) in [6.07, 6.45) is 5.37. The average molecular weight is 392 g/mol. The number of carbonyl (C=O) groups is 1. The maximum absolute atomic E-state index is 12.2. The monoisotopic (exact) mass is 391 g/mol. The molecule has 0 saturated carbocycles. The van der Waals surface area contributed by atoms with E-state index in [9.17, 15) is 4.79 Å². The predicted octanol–water partition coefficient (Wildman–Crippen LogP) is 3.04. The molecule has 3 aromatic heterocycles. The fourth-order valence-electron chi connectivity index (χ4n) is 3.10. The lowest BCUT2D eigenvalue weighted by Crippen LogP contribution is -2.25. The molecule has 0 saturated heterocycles. The second-order valence-electron chi connectivity index (χ2n) is 6.60. The number of amides is 1. The van der Waals surface area contributed by atoms with E-state index >= 15 is 0 Å². The summed E-state index contributed by atoms with van der Waals surface area (Å²) in [5.74, 6) is -0.104. The van der Waals surface area contributed by atoms with E-state index < -0.39 is 0 Å². The second kappa shape index (κ2) is 7.86. The van der Waals surface area contributed by atoms with E-state index in [0.717, 1.165) is 39.5 Å². The number of halogens is 1. The van der Waals surface area contributed by atoms with Crippen LogP contribution in [0.1, 0.15) is 33.8 Å². The molecule has 7 heteroatoms. The third-order valence-electron chi connectivity index (χ3n) is 4.48. The molecule has 0 aliphatic carbocycles. The number of hydrogen-bond donors (Lipinski definition) is 1. The quantitative estimate of drug-likeness (QED) is 0.724. The van der Waals surface area contributed by atoms with Gasteiger partial charge in [-0.1, -0.05) is 11.6 Å². The van der Waals surface area contributed by atoms with Gasteiger partial charge in [0.2, 0.25) is 5.91 Å². The number of rotatable bonds is 5. The summed E-state index contributed by atoms with van der Waals surface area (Å²) < 4.78 is 0. The van der Waals surface area contributed by atoms with Crippen LogP contribution in [0.5, 0.6) is 0 Å². The molecule has 1 amide bonds. The average Bonchev–Trinajstić information content (AvgIpc) is 3.11. The molecule has 0 radical (unpaired) electrons. The first kappa shape index (κ1) is 18.3. The van der Waals surface area contributed by atoms with Gasteiger partial charge >= 0.3 is 0 Å². The zero-order chi connectivity index (χ0) is 19.5. The number of hydrogen-bond acceptors (Lipinski definition) is 5. The van der Waals surface area contributed by atoms with E-state index in [0.29, 0.717) is 18.1 Å². The molecule has 4 heterocycles. The molecule has 0 fully saturated rings. The molecule has 1 N–H and O–H groups in total. The summed E-state index contributed by atoms with van der Waals surface area (Å²) in [7, 11) is 0. The molecule has 3 aromatic rings. The number of aromatic nitrogens is 3. The maximum Gasteiger partial charge on any atom is 0.226 e. The van der Waals surface area contributed by atoms with Crippen LogP contribution in [-0.4, -0.2) is 26.6 Å². The van der Waals surface area contributed by atoms with Crippen molar-refractivity contribution in [2.45, 2.75) is 26.4 Å². The van der Waals surface area contributed by atoms with Crippen LogP contribution in [0.25, 0.3) is 0 Å².